The Morgan fingerprint density at radius 2 is 1.58 bits per heavy atom. The maximum Gasteiger partial charge on any atom is 0.264 e. The van der Waals surface area contributed by atoms with E-state index >= 15 is 0 Å². The number of aromatic nitrogens is 1. The minimum Gasteiger partial charge on any atom is -0.318 e. The number of anilines is 1. The molecule has 4 rings (SSSR count). The van der Waals surface area contributed by atoms with Crippen LogP contribution in [0.3, 0.4) is 0 Å². The van der Waals surface area contributed by atoms with Gasteiger partial charge in [-0.15, -0.1) is 0 Å². The van der Waals surface area contributed by atoms with Crippen LogP contribution in [0.5, 0.6) is 0 Å². The van der Waals surface area contributed by atoms with Crippen molar-refractivity contribution >= 4 is 39.4 Å². The van der Waals surface area contributed by atoms with Crippen LogP contribution in [-0.2, 0) is 14.8 Å². The average Bonchev–Trinajstić information content (AvgIpc) is 3.15. The quantitative estimate of drug-likeness (QED) is 0.226. The number of nitrogens with zero attached hydrogens (tertiary/aromatic N) is 3. The van der Waals surface area contributed by atoms with Gasteiger partial charge in [-0.05, 0) is 93.4 Å². The summed E-state index contributed by atoms with van der Waals surface area (Å²) in [6.45, 7) is 7.28. The van der Waals surface area contributed by atoms with Gasteiger partial charge in [0.2, 0.25) is 0 Å². The molecule has 4 aromatic rings. The third kappa shape index (κ3) is 5.98. The van der Waals surface area contributed by atoms with Crippen molar-refractivity contribution in [3.63, 3.8) is 0 Å². The van der Waals surface area contributed by atoms with Crippen molar-refractivity contribution < 1.29 is 13.2 Å². The molecule has 1 aromatic heterocycles. The molecule has 3 aromatic carbocycles. The van der Waals surface area contributed by atoms with Crippen LogP contribution in [0.2, 0.25) is 5.02 Å². The van der Waals surface area contributed by atoms with Crippen molar-refractivity contribution in [2.45, 2.75) is 32.6 Å². The highest BCUT2D eigenvalue weighted by atomic mass is 35.5. The van der Waals surface area contributed by atoms with Gasteiger partial charge >= 0.3 is 0 Å². The molecule has 9 heteroatoms. The van der Waals surface area contributed by atoms with Gasteiger partial charge in [0, 0.05) is 27.7 Å². The lowest BCUT2D eigenvalue weighted by atomic mass is 10.1. The van der Waals surface area contributed by atoms with E-state index in [-0.39, 0.29) is 4.90 Å². The molecule has 0 spiro atoms. The molecule has 38 heavy (non-hydrogen) atoms. The van der Waals surface area contributed by atoms with Gasteiger partial charge in [-0.2, -0.15) is 5.10 Å². The minimum absolute atomic E-state index is 0.102. The van der Waals surface area contributed by atoms with E-state index in [4.69, 9.17) is 11.6 Å². The summed E-state index contributed by atoms with van der Waals surface area (Å²) in [7, 11) is -3.99. The molecule has 0 unspecified atom stereocenters. The molecule has 7 nitrogen and oxygen atoms in total. The summed E-state index contributed by atoms with van der Waals surface area (Å²) in [5, 5.41) is 4.78. The van der Waals surface area contributed by atoms with Gasteiger partial charge in [-0.25, -0.2) is 13.8 Å². The van der Waals surface area contributed by atoms with E-state index in [0.29, 0.717) is 10.7 Å². The van der Waals surface area contributed by atoms with E-state index in [1.807, 2.05) is 64.1 Å². The highest BCUT2D eigenvalue weighted by molar-refractivity contribution is 7.92. The van der Waals surface area contributed by atoms with Gasteiger partial charge in [-0.1, -0.05) is 35.9 Å². The van der Waals surface area contributed by atoms with Gasteiger partial charge in [0.1, 0.15) is 6.54 Å². The Labute approximate surface area is 228 Å². The number of hydrogen-bond acceptors (Lipinski definition) is 4. The molecule has 196 valence electrons. The van der Waals surface area contributed by atoms with Gasteiger partial charge in [-0.3, -0.25) is 9.10 Å². The first-order valence-electron chi connectivity index (χ1n) is 12.0. The van der Waals surface area contributed by atoms with E-state index in [1.54, 1.807) is 36.5 Å². The van der Waals surface area contributed by atoms with Gasteiger partial charge < -0.3 is 4.57 Å². The molecule has 0 radical (unpaired) electrons. The molecule has 0 saturated carbocycles. The van der Waals surface area contributed by atoms with Crippen LogP contribution in [0.1, 0.15) is 28.1 Å². The van der Waals surface area contributed by atoms with E-state index in [0.717, 1.165) is 38.1 Å². The van der Waals surface area contributed by atoms with Crippen molar-refractivity contribution in [2.24, 2.45) is 5.10 Å². The van der Waals surface area contributed by atoms with Crippen LogP contribution in [0.15, 0.2) is 88.9 Å². The van der Waals surface area contributed by atoms with Crippen molar-refractivity contribution in [1.29, 1.82) is 0 Å². The molecule has 0 bridgehead atoms. The highest BCUT2D eigenvalue weighted by Crippen LogP contribution is 2.26. The topological polar surface area (TPSA) is 83.8 Å². The standard InChI is InChI=1S/C29H29ClN4O3S/c1-20-14-21(2)16-27(15-20)33(38(36,37)28-8-6-5-7-9-28)19-29(35)32-31-18-24-17-22(3)34(23(24)4)26-12-10-25(30)11-13-26/h5-18H,19H2,1-4H3,(H,32,35)/b31-18+. The van der Waals surface area contributed by atoms with E-state index in [2.05, 4.69) is 15.1 Å². The number of aryl methyl sites for hydroxylation is 3. The van der Waals surface area contributed by atoms with Crippen molar-refractivity contribution in [3.05, 3.63) is 112 Å². The fraction of sp³-hybridized carbons (Fsp3) is 0.172. The SMILES string of the molecule is Cc1cc(C)cc(N(CC(=O)N/N=C/c2cc(C)n(-c3ccc(Cl)cc3)c2C)S(=O)(=O)c2ccccc2)c1. The second-order valence-corrected chi connectivity index (χ2v) is 11.4. The lowest BCUT2D eigenvalue weighted by molar-refractivity contribution is -0.119. The lowest BCUT2D eigenvalue weighted by Gasteiger charge is -2.24. The number of nitrogens with one attached hydrogen (secondary N) is 1. The molecule has 1 N–H and O–H groups in total. The predicted molar refractivity (Wildman–Crippen MR) is 153 cm³/mol. The molecule has 0 aliphatic heterocycles. The Balaban J connectivity index is 1.56. The number of carbonyl (C=O) groups is 1. The first-order valence-corrected chi connectivity index (χ1v) is 13.8. The minimum atomic E-state index is -3.99. The molecule has 1 amide bonds. The van der Waals surface area contributed by atoms with Crippen LogP contribution in [0.25, 0.3) is 5.69 Å². The van der Waals surface area contributed by atoms with Crippen LogP contribution < -0.4 is 9.73 Å². The zero-order valence-electron chi connectivity index (χ0n) is 21.6. The molecule has 0 aliphatic carbocycles. The van der Waals surface area contributed by atoms with Crippen LogP contribution in [0, 0.1) is 27.7 Å². The third-order valence-electron chi connectivity index (χ3n) is 6.06. The number of rotatable bonds is 8. The first-order chi connectivity index (χ1) is 18.1. The summed E-state index contributed by atoms with van der Waals surface area (Å²) in [5.74, 6) is -0.563. The summed E-state index contributed by atoms with van der Waals surface area (Å²) in [5.41, 5.74) is 8.39. The van der Waals surface area contributed by atoms with Gasteiger partial charge in [0.15, 0.2) is 0 Å². The summed E-state index contributed by atoms with van der Waals surface area (Å²) in [6, 6.07) is 23.0. The largest absolute Gasteiger partial charge is 0.318 e. The van der Waals surface area contributed by atoms with E-state index < -0.39 is 22.5 Å². The number of hydrogen-bond donors (Lipinski definition) is 1. The normalized spacial score (nSPS) is 11.6. The first kappa shape index (κ1) is 27.2. The molecular weight excluding hydrogens is 520 g/mol. The van der Waals surface area contributed by atoms with Crippen LogP contribution in [-0.4, -0.2) is 31.7 Å². The number of benzene rings is 3. The summed E-state index contributed by atoms with van der Waals surface area (Å²) >= 11 is 6.02. The molecule has 1 heterocycles. The van der Waals surface area contributed by atoms with Crippen LogP contribution >= 0.6 is 11.6 Å². The molecule has 0 aliphatic rings. The smallest absolute Gasteiger partial charge is 0.264 e. The highest BCUT2D eigenvalue weighted by Gasteiger charge is 2.27. The number of hydrazone groups is 1. The molecular formula is C29H29ClN4O3S. The second-order valence-electron chi connectivity index (χ2n) is 9.10. The fourth-order valence-corrected chi connectivity index (χ4v) is 5.93. The molecule has 0 fully saturated rings. The second kappa shape index (κ2) is 11.2. The Morgan fingerprint density at radius 3 is 2.21 bits per heavy atom. The van der Waals surface area contributed by atoms with Crippen LogP contribution in [0.4, 0.5) is 5.69 Å². The van der Waals surface area contributed by atoms with Gasteiger partial charge in [0.25, 0.3) is 15.9 Å². The third-order valence-corrected chi connectivity index (χ3v) is 8.10. The maximum absolute atomic E-state index is 13.5. The number of halogens is 1. The Kier molecular flexibility index (Phi) is 8.04. The van der Waals surface area contributed by atoms with Crippen molar-refractivity contribution in [1.82, 2.24) is 9.99 Å². The fourth-order valence-electron chi connectivity index (χ4n) is 4.37. The van der Waals surface area contributed by atoms with E-state index in [1.165, 1.54) is 12.1 Å². The lowest BCUT2D eigenvalue weighted by Crippen LogP contribution is -2.39. The zero-order valence-corrected chi connectivity index (χ0v) is 23.2. The summed E-state index contributed by atoms with van der Waals surface area (Å²) in [4.78, 5) is 13.0. The Morgan fingerprint density at radius 1 is 0.947 bits per heavy atom. The Bertz CT molecular complexity index is 1570. The van der Waals surface area contributed by atoms with Crippen molar-refractivity contribution in [2.75, 3.05) is 10.8 Å². The molecule has 0 atom stereocenters. The predicted octanol–water partition coefficient (Wildman–Crippen LogP) is 5.71. The Hall–Kier alpha value is -3.88. The average molecular weight is 549 g/mol. The maximum atomic E-state index is 13.5. The van der Waals surface area contributed by atoms with Gasteiger partial charge in [0.05, 0.1) is 16.8 Å². The summed E-state index contributed by atoms with van der Waals surface area (Å²) < 4.78 is 30.2. The zero-order chi connectivity index (χ0) is 27.4. The number of sulfonamides is 1. The monoisotopic (exact) mass is 548 g/mol. The molecule has 0 saturated heterocycles. The number of carbonyl (C=O) groups excluding carboxylic acids is 1. The van der Waals surface area contributed by atoms with E-state index in [9.17, 15) is 13.2 Å². The number of amides is 1. The summed E-state index contributed by atoms with van der Waals surface area (Å²) in [6.07, 6.45) is 1.56. The van der Waals surface area contributed by atoms with Crippen molar-refractivity contribution in [3.8, 4) is 5.69 Å².